The molecular formula is C73H134O6. The van der Waals surface area contributed by atoms with Crippen LogP contribution in [0.3, 0.4) is 0 Å². The van der Waals surface area contributed by atoms with Crippen molar-refractivity contribution in [2.45, 2.75) is 386 Å². The second-order valence-corrected chi connectivity index (χ2v) is 23.8. The second-order valence-electron chi connectivity index (χ2n) is 23.8. The first-order chi connectivity index (χ1) is 39.0. The number of carbonyl (C=O) groups is 3. The zero-order chi connectivity index (χ0) is 57.1. The summed E-state index contributed by atoms with van der Waals surface area (Å²) < 4.78 is 17.0. The molecule has 0 amide bonds. The van der Waals surface area contributed by atoms with Gasteiger partial charge < -0.3 is 14.2 Å². The predicted octanol–water partition coefficient (Wildman–Crippen LogP) is 24.1. The highest BCUT2D eigenvalue weighted by Crippen LogP contribution is 2.19. The quantitative estimate of drug-likeness (QED) is 0.0261. The molecule has 0 bridgehead atoms. The molecular weight excluding hydrogens is 973 g/mol. The van der Waals surface area contributed by atoms with E-state index >= 15 is 0 Å². The molecule has 0 N–H and O–H groups in total. The summed E-state index contributed by atoms with van der Waals surface area (Å²) in [7, 11) is 0. The minimum atomic E-state index is -0.770. The Hall–Kier alpha value is -2.63. The molecule has 0 saturated carbocycles. The Morgan fingerprint density at radius 1 is 0.266 bits per heavy atom. The average molecular weight is 1110 g/mol. The monoisotopic (exact) mass is 1110 g/mol. The Kier molecular flexibility index (Phi) is 65.6. The third kappa shape index (κ3) is 66.1. The lowest BCUT2D eigenvalue weighted by molar-refractivity contribution is -0.167. The maximum Gasteiger partial charge on any atom is 0.306 e. The van der Waals surface area contributed by atoms with Gasteiger partial charge in [-0.1, -0.05) is 352 Å². The summed E-state index contributed by atoms with van der Waals surface area (Å²) in [5.41, 5.74) is 0. The number of hydrogen-bond acceptors (Lipinski definition) is 6. The number of allylic oxidation sites excluding steroid dienone is 8. The lowest BCUT2D eigenvalue weighted by atomic mass is 10.0. The predicted molar refractivity (Wildman–Crippen MR) is 344 cm³/mol. The average Bonchev–Trinajstić information content (AvgIpc) is 3.45. The molecule has 0 aliphatic rings. The van der Waals surface area contributed by atoms with E-state index in [4.69, 9.17) is 14.2 Å². The number of unbranched alkanes of at least 4 members (excludes halogenated alkanes) is 46. The molecule has 462 valence electrons. The molecule has 0 aliphatic heterocycles. The third-order valence-corrected chi connectivity index (χ3v) is 15.8. The van der Waals surface area contributed by atoms with Gasteiger partial charge in [0.15, 0.2) is 6.10 Å². The van der Waals surface area contributed by atoms with E-state index in [0.29, 0.717) is 19.3 Å². The Labute approximate surface area is 492 Å². The highest BCUT2D eigenvalue weighted by atomic mass is 16.6. The van der Waals surface area contributed by atoms with Gasteiger partial charge in [0.05, 0.1) is 0 Å². The highest BCUT2D eigenvalue weighted by molar-refractivity contribution is 5.71. The van der Waals surface area contributed by atoms with Crippen molar-refractivity contribution in [2.24, 2.45) is 0 Å². The van der Waals surface area contributed by atoms with Gasteiger partial charge in [0.1, 0.15) is 13.2 Å². The standard InChI is InChI=1S/C73H134O6/c1-4-7-10-13-16-19-22-24-26-28-30-32-34-36-38-40-42-44-46-48-51-54-57-60-63-66-72(75)78-69-70(68-77-71(74)65-62-59-56-53-50-21-18-15-12-9-6-3)79-73(76)67-64-61-58-55-52-49-47-45-43-41-39-37-35-33-31-29-27-25-23-20-17-14-11-8-5-2/h7,10,16,19,24,26,30,32,70H,4-6,8-9,11-15,17-18,20-23,25,27-29,31,33-69H2,1-3H3/b10-7-,19-16-,26-24-,32-30-. The van der Waals surface area contributed by atoms with E-state index in [2.05, 4.69) is 69.4 Å². The van der Waals surface area contributed by atoms with Crippen molar-refractivity contribution in [3.8, 4) is 0 Å². The van der Waals surface area contributed by atoms with E-state index < -0.39 is 6.10 Å². The Morgan fingerprint density at radius 3 is 0.772 bits per heavy atom. The molecule has 0 aliphatic carbocycles. The van der Waals surface area contributed by atoms with Crippen LogP contribution < -0.4 is 0 Å². The molecule has 1 unspecified atom stereocenters. The van der Waals surface area contributed by atoms with Crippen LogP contribution >= 0.6 is 0 Å². The number of hydrogen-bond donors (Lipinski definition) is 0. The summed E-state index contributed by atoms with van der Waals surface area (Å²) in [5, 5.41) is 0. The van der Waals surface area contributed by atoms with Crippen LogP contribution in [-0.2, 0) is 28.6 Å². The van der Waals surface area contributed by atoms with Crippen LogP contribution in [0, 0.1) is 0 Å². The normalized spacial score (nSPS) is 12.3. The third-order valence-electron chi connectivity index (χ3n) is 15.8. The van der Waals surface area contributed by atoms with E-state index in [1.807, 2.05) is 0 Å². The van der Waals surface area contributed by atoms with Crippen molar-refractivity contribution >= 4 is 17.9 Å². The van der Waals surface area contributed by atoms with Crippen LogP contribution in [0.5, 0.6) is 0 Å². The molecule has 0 aromatic heterocycles. The lowest BCUT2D eigenvalue weighted by Crippen LogP contribution is -2.30. The van der Waals surface area contributed by atoms with Crippen molar-refractivity contribution in [3.05, 3.63) is 48.6 Å². The summed E-state index contributed by atoms with van der Waals surface area (Å²) in [6, 6.07) is 0. The van der Waals surface area contributed by atoms with Gasteiger partial charge in [0.2, 0.25) is 0 Å². The van der Waals surface area contributed by atoms with E-state index in [0.717, 1.165) is 83.5 Å². The van der Waals surface area contributed by atoms with Crippen molar-refractivity contribution < 1.29 is 28.6 Å². The van der Waals surface area contributed by atoms with Crippen molar-refractivity contribution in [1.82, 2.24) is 0 Å². The molecule has 6 heteroatoms. The van der Waals surface area contributed by atoms with Crippen LogP contribution in [-0.4, -0.2) is 37.2 Å². The first kappa shape index (κ1) is 76.4. The smallest absolute Gasteiger partial charge is 0.306 e. The van der Waals surface area contributed by atoms with E-state index in [-0.39, 0.29) is 31.1 Å². The van der Waals surface area contributed by atoms with Gasteiger partial charge in [-0.2, -0.15) is 0 Å². The first-order valence-electron chi connectivity index (χ1n) is 35.1. The largest absolute Gasteiger partial charge is 0.462 e. The number of rotatable bonds is 65. The molecule has 0 saturated heterocycles. The SMILES string of the molecule is CC/C=C\C/C=C\C/C=C\C/C=C\CCCCCCCCCCCCCCC(=O)OCC(COC(=O)CCCCCCCCCCCCC)OC(=O)CCCCCCCCCCCCCCCCCCCCCCCCCCC. The van der Waals surface area contributed by atoms with Crippen molar-refractivity contribution in [2.75, 3.05) is 13.2 Å². The zero-order valence-electron chi connectivity index (χ0n) is 53.2. The van der Waals surface area contributed by atoms with Gasteiger partial charge in [0, 0.05) is 19.3 Å². The van der Waals surface area contributed by atoms with Crippen LogP contribution in [0.15, 0.2) is 48.6 Å². The summed E-state index contributed by atoms with van der Waals surface area (Å²) in [6.07, 6.45) is 85.7. The van der Waals surface area contributed by atoms with Gasteiger partial charge in [0.25, 0.3) is 0 Å². The molecule has 1 atom stereocenters. The fraction of sp³-hybridized carbons (Fsp3) is 0.849. The maximum absolute atomic E-state index is 12.9. The van der Waals surface area contributed by atoms with Crippen LogP contribution in [0.1, 0.15) is 380 Å². The van der Waals surface area contributed by atoms with Gasteiger partial charge in [-0.05, 0) is 57.8 Å². The summed E-state index contributed by atoms with van der Waals surface area (Å²) >= 11 is 0. The fourth-order valence-corrected chi connectivity index (χ4v) is 10.6. The molecule has 0 heterocycles. The van der Waals surface area contributed by atoms with E-state index in [1.54, 1.807) is 0 Å². The molecule has 79 heavy (non-hydrogen) atoms. The number of ether oxygens (including phenoxy) is 3. The molecule has 0 rings (SSSR count). The molecule has 0 fully saturated rings. The highest BCUT2D eigenvalue weighted by Gasteiger charge is 2.19. The first-order valence-corrected chi connectivity index (χ1v) is 35.1. The minimum Gasteiger partial charge on any atom is -0.462 e. The van der Waals surface area contributed by atoms with Crippen LogP contribution in [0.2, 0.25) is 0 Å². The van der Waals surface area contributed by atoms with E-state index in [9.17, 15) is 14.4 Å². The Morgan fingerprint density at radius 2 is 0.494 bits per heavy atom. The lowest BCUT2D eigenvalue weighted by Gasteiger charge is -2.18. The van der Waals surface area contributed by atoms with Gasteiger partial charge in [-0.15, -0.1) is 0 Å². The second kappa shape index (κ2) is 67.9. The van der Waals surface area contributed by atoms with Crippen molar-refractivity contribution in [1.29, 1.82) is 0 Å². The molecule has 0 radical (unpaired) electrons. The Balaban J connectivity index is 4.18. The number of esters is 3. The summed E-state index contributed by atoms with van der Waals surface area (Å²) in [5.74, 6) is -0.843. The maximum atomic E-state index is 12.9. The van der Waals surface area contributed by atoms with Crippen LogP contribution in [0.4, 0.5) is 0 Å². The van der Waals surface area contributed by atoms with Gasteiger partial charge in [-0.3, -0.25) is 14.4 Å². The van der Waals surface area contributed by atoms with Crippen LogP contribution in [0.25, 0.3) is 0 Å². The molecule has 6 nitrogen and oxygen atoms in total. The summed E-state index contributed by atoms with van der Waals surface area (Å²) in [6.45, 7) is 6.59. The molecule has 0 aromatic carbocycles. The molecule has 0 aromatic rings. The van der Waals surface area contributed by atoms with E-state index in [1.165, 1.54) is 257 Å². The Bertz CT molecular complexity index is 1360. The minimum absolute atomic E-state index is 0.0674. The fourth-order valence-electron chi connectivity index (χ4n) is 10.6. The van der Waals surface area contributed by atoms with Crippen molar-refractivity contribution in [3.63, 3.8) is 0 Å². The number of carbonyl (C=O) groups excluding carboxylic acids is 3. The van der Waals surface area contributed by atoms with Gasteiger partial charge >= 0.3 is 17.9 Å². The summed E-state index contributed by atoms with van der Waals surface area (Å²) in [4.78, 5) is 38.4. The van der Waals surface area contributed by atoms with Gasteiger partial charge in [-0.25, -0.2) is 0 Å². The topological polar surface area (TPSA) is 78.9 Å². The zero-order valence-corrected chi connectivity index (χ0v) is 53.2. The molecule has 0 spiro atoms.